The highest BCUT2D eigenvalue weighted by atomic mass is 79.9. The Kier molecular flexibility index (Phi) is 5.49. The van der Waals surface area contributed by atoms with Gasteiger partial charge in [0.15, 0.2) is 0 Å². The highest BCUT2D eigenvalue weighted by molar-refractivity contribution is 9.10. The van der Waals surface area contributed by atoms with Gasteiger partial charge in [-0.2, -0.15) is 17.7 Å². The summed E-state index contributed by atoms with van der Waals surface area (Å²) in [5, 5.41) is 3.98. The maximum Gasteiger partial charge on any atom is 0.384 e. The molecule has 0 unspecified atom stereocenters. The second-order valence-corrected chi connectivity index (χ2v) is 8.22. The van der Waals surface area contributed by atoms with E-state index in [0.29, 0.717) is 28.6 Å². The first-order valence-corrected chi connectivity index (χ1v) is 9.86. The van der Waals surface area contributed by atoms with Gasteiger partial charge in [0.2, 0.25) is 5.82 Å². The Morgan fingerprint density at radius 2 is 1.74 bits per heavy atom. The minimum atomic E-state index is -3.81. The molecule has 3 aromatic rings. The van der Waals surface area contributed by atoms with Crippen molar-refractivity contribution in [1.29, 1.82) is 0 Å². The molecule has 3 rings (SSSR count). The van der Waals surface area contributed by atoms with E-state index in [1.807, 2.05) is 12.1 Å². The van der Waals surface area contributed by atoms with Gasteiger partial charge in [-0.05, 0) is 58.4 Å². The minimum Gasteiger partial charge on any atom is -0.497 e. The van der Waals surface area contributed by atoms with E-state index in [1.165, 1.54) is 26.2 Å². The van der Waals surface area contributed by atoms with Crippen LogP contribution in [0.25, 0.3) is 22.8 Å². The SMILES string of the molecule is COc1ccc(Br)c(-c2nc(-c3ccc(OS(=O)(=O)N(C)C)cc3)no2)c1. The van der Waals surface area contributed by atoms with Gasteiger partial charge in [0, 0.05) is 24.1 Å². The maximum absolute atomic E-state index is 11.7. The molecule has 0 saturated carbocycles. The van der Waals surface area contributed by atoms with E-state index < -0.39 is 10.3 Å². The van der Waals surface area contributed by atoms with Crippen molar-refractivity contribution in [2.24, 2.45) is 0 Å². The van der Waals surface area contributed by atoms with E-state index in [-0.39, 0.29) is 5.75 Å². The van der Waals surface area contributed by atoms with Crippen LogP contribution in [0.4, 0.5) is 0 Å². The van der Waals surface area contributed by atoms with Crippen LogP contribution in [0, 0.1) is 0 Å². The smallest absolute Gasteiger partial charge is 0.384 e. The molecule has 0 bridgehead atoms. The first-order chi connectivity index (χ1) is 12.8. The molecule has 0 radical (unpaired) electrons. The fourth-order valence-corrected chi connectivity index (χ4v) is 3.02. The molecule has 1 heterocycles. The number of hydrogen-bond acceptors (Lipinski definition) is 7. The third-order valence-electron chi connectivity index (χ3n) is 3.59. The first kappa shape index (κ1) is 19.3. The number of hydrogen-bond donors (Lipinski definition) is 0. The van der Waals surface area contributed by atoms with Crippen molar-refractivity contribution >= 4 is 26.2 Å². The fourth-order valence-electron chi connectivity index (χ4n) is 2.10. The van der Waals surface area contributed by atoms with Crippen LogP contribution in [0.15, 0.2) is 51.5 Å². The average Bonchev–Trinajstić information content (AvgIpc) is 3.12. The summed E-state index contributed by atoms with van der Waals surface area (Å²) in [5.41, 5.74) is 1.35. The number of ether oxygens (including phenoxy) is 1. The zero-order valence-electron chi connectivity index (χ0n) is 14.7. The average molecular weight is 454 g/mol. The fraction of sp³-hybridized carbons (Fsp3) is 0.176. The van der Waals surface area contributed by atoms with Crippen LogP contribution in [0.2, 0.25) is 0 Å². The quantitative estimate of drug-likeness (QED) is 0.564. The normalized spacial score (nSPS) is 11.6. The lowest BCUT2D eigenvalue weighted by Gasteiger charge is -2.11. The molecule has 0 fully saturated rings. The Bertz CT molecular complexity index is 1050. The van der Waals surface area contributed by atoms with E-state index in [4.69, 9.17) is 13.4 Å². The molecule has 0 amide bonds. The number of aromatic nitrogens is 2. The zero-order valence-corrected chi connectivity index (χ0v) is 17.1. The predicted molar refractivity (Wildman–Crippen MR) is 103 cm³/mol. The third kappa shape index (κ3) is 4.29. The summed E-state index contributed by atoms with van der Waals surface area (Å²) in [6.45, 7) is 0. The molecule has 0 saturated heterocycles. The summed E-state index contributed by atoms with van der Waals surface area (Å²) >= 11 is 3.45. The van der Waals surface area contributed by atoms with Gasteiger partial charge in [-0.25, -0.2) is 0 Å². The largest absolute Gasteiger partial charge is 0.497 e. The van der Waals surface area contributed by atoms with Crippen molar-refractivity contribution in [3.8, 4) is 34.3 Å². The van der Waals surface area contributed by atoms with Crippen molar-refractivity contribution in [2.75, 3.05) is 21.2 Å². The number of halogens is 1. The van der Waals surface area contributed by atoms with E-state index in [1.54, 1.807) is 25.3 Å². The lowest BCUT2D eigenvalue weighted by atomic mass is 10.2. The summed E-state index contributed by atoms with van der Waals surface area (Å²) in [7, 11) is 0.550. The second kappa shape index (κ2) is 7.67. The number of methoxy groups -OCH3 is 1. The van der Waals surface area contributed by atoms with Gasteiger partial charge in [-0.15, -0.1) is 0 Å². The molecule has 10 heteroatoms. The number of nitrogens with zero attached hydrogens (tertiary/aromatic N) is 3. The van der Waals surface area contributed by atoms with Gasteiger partial charge >= 0.3 is 10.3 Å². The van der Waals surface area contributed by atoms with Gasteiger partial charge in [0.25, 0.3) is 5.89 Å². The van der Waals surface area contributed by atoms with Gasteiger partial charge in [0.05, 0.1) is 12.7 Å². The summed E-state index contributed by atoms with van der Waals surface area (Å²) in [4.78, 5) is 4.39. The highest BCUT2D eigenvalue weighted by Crippen LogP contribution is 2.32. The first-order valence-electron chi connectivity index (χ1n) is 7.70. The lowest BCUT2D eigenvalue weighted by Crippen LogP contribution is -2.26. The molecule has 142 valence electrons. The summed E-state index contributed by atoms with van der Waals surface area (Å²) in [5.74, 6) is 1.54. The zero-order chi connectivity index (χ0) is 19.6. The molecule has 27 heavy (non-hydrogen) atoms. The van der Waals surface area contributed by atoms with Crippen LogP contribution in [-0.2, 0) is 10.3 Å². The second-order valence-electron chi connectivity index (χ2n) is 5.62. The molecule has 0 spiro atoms. The Labute approximate surface area is 165 Å². The Morgan fingerprint density at radius 1 is 1.07 bits per heavy atom. The maximum atomic E-state index is 11.7. The molecule has 0 aliphatic heterocycles. The van der Waals surface area contributed by atoms with Gasteiger partial charge < -0.3 is 13.4 Å². The topological polar surface area (TPSA) is 94.8 Å². The van der Waals surface area contributed by atoms with Crippen LogP contribution in [0.3, 0.4) is 0 Å². The van der Waals surface area contributed by atoms with Crippen molar-refractivity contribution < 1.29 is 21.9 Å². The van der Waals surface area contributed by atoms with Crippen molar-refractivity contribution in [3.63, 3.8) is 0 Å². The highest BCUT2D eigenvalue weighted by Gasteiger charge is 2.17. The van der Waals surface area contributed by atoms with Crippen LogP contribution in [0.5, 0.6) is 11.5 Å². The van der Waals surface area contributed by atoms with Gasteiger partial charge in [0.1, 0.15) is 11.5 Å². The monoisotopic (exact) mass is 453 g/mol. The van der Waals surface area contributed by atoms with Gasteiger partial charge in [-0.3, -0.25) is 0 Å². The van der Waals surface area contributed by atoms with Crippen LogP contribution in [-0.4, -0.2) is 44.1 Å². The van der Waals surface area contributed by atoms with Crippen LogP contribution >= 0.6 is 15.9 Å². The van der Waals surface area contributed by atoms with E-state index in [2.05, 4.69) is 26.1 Å². The Balaban J connectivity index is 1.85. The van der Waals surface area contributed by atoms with E-state index in [9.17, 15) is 8.42 Å². The summed E-state index contributed by atoms with van der Waals surface area (Å²) < 4.78 is 40.8. The third-order valence-corrected chi connectivity index (χ3v) is 5.58. The van der Waals surface area contributed by atoms with Crippen molar-refractivity contribution in [1.82, 2.24) is 14.4 Å². The molecule has 2 aromatic carbocycles. The molecule has 8 nitrogen and oxygen atoms in total. The van der Waals surface area contributed by atoms with Crippen molar-refractivity contribution in [3.05, 3.63) is 46.9 Å². The Hall–Kier alpha value is -2.43. The molecular weight excluding hydrogens is 438 g/mol. The molecule has 0 aliphatic carbocycles. The molecule has 1 aromatic heterocycles. The summed E-state index contributed by atoms with van der Waals surface area (Å²) in [6.07, 6.45) is 0. The van der Waals surface area contributed by atoms with Crippen LogP contribution < -0.4 is 8.92 Å². The van der Waals surface area contributed by atoms with Crippen molar-refractivity contribution in [2.45, 2.75) is 0 Å². The van der Waals surface area contributed by atoms with E-state index >= 15 is 0 Å². The lowest BCUT2D eigenvalue weighted by molar-refractivity contribution is 0.413. The standard InChI is InChI=1S/C17H16BrN3O5S/c1-21(2)27(22,23)26-12-6-4-11(5-7-12)16-19-17(25-20-16)14-10-13(24-3)8-9-15(14)18/h4-10H,1-3H3. The predicted octanol–water partition coefficient (Wildman–Crippen LogP) is 3.36. The molecule has 0 N–H and O–H groups in total. The molecule has 0 atom stereocenters. The molecule has 0 aliphatic rings. The summed E-state index contributed by atoms with van der Waals surface area (Å²) in [6, 6.07) is 11.8. The van der Waals surface area contributed by atoms with Crippen LogP contribution in [0.1, 0.15) is 0 Å². The number of benzene rings is 2. The number of rotatable bonds is 6. The molecular formula is C17H16BrN3O5S. The van der Waals surface area contributed by atoms with Gasteiger partial charge in [-0.1, -0.05) is 5.16 Å². The van der Waals surface area contributed by atoms with E-state index in [0.717, 1.165) is 8.78 Å². The minimum absolute atomic E-state index is 0.187. The Morgan fingerprint density at radius 3 is 2.37 bits per heavy atom.